The van der Waals surface area contributed by atoms with Crippen molar-refractivity contribution >= 4 is 15.7 Å². The third kappa shape index (κ3) is 6.02. The molecule has 1 heterocycles. The molecule has 0 aromatic heterocycles. The quantitative estimate of drug-likeness (QED) is 0.735. The van der Waals surface area contributed by atoms with Crippen LogP contribution in [0.15, 0.2) is 0 Å². The molecule has 1 saturated heterocycles. The van der Waals surface area contributed by atoms with Crippen molar-refractivity contribution in [3.05, 3.63) is 0 Å². The Bertz CT molecular complexity index is 346. The van der Waals surface area contributed by atoms with Crippen LogP contribution in [0.5, 0.6) is 0 Å². The Morgan fingerprint density at radius 2 is 2.12 bits per heavy atom. The Labute approximate surface area is 103 Å². The van der Waals surface area contributed by atoms with Crippen molar-refractivity contribution in [1.29, 1.82) is 0 Å². The molecule has 1 unspecified atom stereocenters. The summed E-state index contributed by atoms with van der Waals surface area (Å²) in [6.45, 7) is 4.50. The highest BCUT2D eigenvalue weighted by atomic mass is 32.2. The number of carbonyl (C=O) groups excluding carboxylic acids is 1. The molecule has 0 radical (unpaired) electrons. The van der Waals surface area contributed by atoms with Crippen LogP contribution in [0.1, 0.15) is 33.1 Å². The second kappa shape index (κ2) is 6.35. The summed E-state index contributed by atoms with van der Waals surface area (Å²) in [7, 11) is -3.30. The van der Waals surface area contributed by atoms with Gasteiger partial charge in [0.1, 0.15) is 5.75 Å². The van der Waals surface area contributed by atoms with Crippen LogP contribution in [-0.4, -0.2) is 44.5 Å². The van der Waals surface area contributed by atoms with E-state index in [0.717, 1.165) is 25.8 Å². The van der Waals surface area contributed by atoms with Gasteiger partial charge in [-0.1, -0.05) is 6.42 Å². The van der Waals surface area contributed by atoms with Crippen LogP contribution in [0.3, 0.4) is 0 Å². The highest BCUT2D eigenvalue weighted by Gasteiger charge is 2.23. The van der Waals surface area contributed by atoms with Gasteiger partial charge < -0.3 is 10.6 Å². The summed E-state index contributed by atoms with van der Waals surface area (Å²) in [5.41, 5.74) is 0. The smallest absolute Gasteiger partial charge is 0.235 e. The number of nitrogens with one attached hydrogen (secondary N) is 2. The second-order valence-electron chi connectivity index (χ2n) is 4.92. The minimum absolute atomic E-state index is 0.0144. The van der Waals surface area contributed by atoms with E-state index in [1.807, 2.05) is 13.8 Å². The largest absolute Gasteiger partial charge is 0.353 e. The van der Waals surface area contributed by atoms with E-state index >= 15 is 0 Å². The van der Waals surface area contributed by atoms with Crippen LogP contribution in [-0.2, 0) is 14.6 Å². The van der Waals surface area contributed by atoms with Crippen LogP contribution in [0.25, 0.3) is 0 Å². The lowest BCUT2D eigenvalue weighted by Crippen LogP contribution is -2.42. The fourth-order valence-electron chi connectivity index (χ4n) is 2.00. The van der Waals surface area contributed by atoms with Crippen LogP contribution in [0.4, 0.5) is 0 Å². The SMILES string of the molecule is CC(C)NC(=O)CS(=O)(=O)CC1CCCCN1. The molecule has 0 aliphatic carbocycles. The number of piperidine rings is 1. The molecule has 2 N–H and O–H groups in total. The highest BCUT2D eigenvalue weighted by Crippen LogP contribution is 2.09. The van der Waals surface area contributed by atoms with Gasteiger partial charge in [0, 0.05) is 12.1 Å². The van der Waals surface area contributed by atoms with Gasteiger partial charge in [-0.3, -0.25) is 4.79 Å². The van der Waals surface area contributed by atoms with Gasteiger partial charge in [0.05, 0.1) is 5.75 Å². The normalized spacial score (nSPS) is 21.5. The molecule has 0 spiro atoms. The second-order valence-corrected chi connectivity index (χ2v) is 7.03. The van der Waals surface area contributed by atoms with Crippen molar-refractivity contribution in [2.24, 2.45) is 0 Å². The first-order valence-corrected chi connectivity index (χ1v) is 7.94. The predicted molar refractivity (Wildman–Crippen MR) is 67.6 cm³/mol. The lowest BCUT2D eigenvalue weighted by Gasteiger charge is -2.23. The molecule has 1 amide bonds. The lowest BCUT2D eigenvalue weighted by molar-refractivity contribution is -0.119. The third-order valence-electron chi connectivity index (χ3n) is 2.67. The van der Waals surface area contributed by atoms with Crippen LogP contribution in [0.2, 0.25) is 0 Å². The summed E-state index contributed by atoms with van der Waals surface area (Å²) in [5.74, 6) is -0.738. The van der Waals surface area contributed by atoms with Gasteiger partial charge in [-0.05, 0) is 33.2 Å². The summed E-state index contributed by atoms with van der Waals surface area (Å²) in [6, 6.07) is -0.00824. The van der Waals surface area contributed by atoms with Crippen molar-refractivity contribution in [3.8, 4) is 0 Å². The Kier molecular flexibility index (Phi) is 5.39. The molecule has 1 aliphatic rings. The van der Waals surface area contributed by atoms with E-state index in [4.69, 9.17) is 0 Å². The molecule has 0 bridgehead atoms. The maximum atomic E-state index is 11.8. The minimum atomic E-state index is -3.30. The van der Waals surface area contributed by atoms with Gasteiger partial charge in [0.2, 0.25) is 5.91 Å². The van der Waals surface area contributed by atoms with Crippen molar-refractivity contribution < 1.29 is 13.2 Å². The molecule has 100 valence electrons. The Morgan fingerprint density at radius 1 is 1.41 bits per heavy atom. The van der Waals surface area contributed by atoms with E-state index in [2.05, 4.69) is 10.6 Å². The fraction of sp³-hybridized carbons (Fsp3) is 0.909. The molecule has 0 aromatic rings. The summed E-state index contributed by atoms with van der Waals surface area (Å²) in [5, 5.41) is 5.78. The van der Waals surface area contributed by atoms with Gasteiger partial charge in [0.25, 0.3) is 0 Å². The summed E-state index contributed by atoms with van der Waals surface area (Å²) in [4.78, 5) is 11.4. The number of rotatable bonds is 5. The van der Waals surface area contributed by atoms with Crippen molar-refractivity contribution in [2.45, 2.75) is 45.2 Å². The average molecular weight is 262 g/mol. The van der Waals surface area contributed by atoms with E-state index in [9.17, 15) is 13.2 Å². The van der Waals surface area contributed by atoms with E-state index in [0.29, 0.717) is 0 Å². The van der Waals surface area contributed by atoms with Crippen LogP contribution >= 0.6 is 0 Å². The summed E-state index contributed by atoms with van der Waals surface area (Å²) >= 11 is 0. The molecule has 6 heteroatoms. The maximum Gasteiger partial charge on any atom is 0.235 e. The van der Waals surface area contributed by atoms with Gasteiger partial charge in [-0.25, -0.2) is 8.42 Å². The van der Waals surface area contributed by atoms with E-state index in [1.54, 1.807) is 0 Å². The van der Waals surface area contributed by atoms with Gasteiger partial charge in [-0.15, -0.1) is 0 Å². The fourth-order valence-corrected chi connectivity index (χ4v) is 3.49. The van der Waals surface area contributed by atoms with E-state index in [1.165, 1.54) is 0 Å². The Balaban J connectivity index is 2.42. The van der Waals surface area contributed by atoms with Crippen molar-refractivity contribution in [3.63, 3.8) is 0 Å². The number of hydrogen-bond acceptors (Lipinski definition) is 4. The van der Waals surface area contributed by atoms with Crippen molar-refractivity contribution in [1.82, 2.24) is 10.6 Å². The highest BCUT2D eigenvalue weighted by molar-refractivity contribution is 7.92. The zero-order valence-electron chi connectivity index (χ0n) is 10.5. The predicted octanol–water partition coefficient (Wildman–Crippen LogP) is 0.0679. The molecule has 17 heavy (non-hydrogen) atoms. The third-order valence-corrected chi connectivity index (χ3v) is 4.28. The molecule has 1 aliphatic heterocycles. The number of hydrogen-bond donors (Lipinski definition) is 2. The molecular weight excluding hydrogens is 240 g/mol. The topological polar surface area (TPSA) is 75.3 Å². The maximum absolute atomic E-state index is 11.8. The molecular formula is C11H22N2O3S. The number of amides is 1. The lowest BCUT2D eigenvalue weighted by atomic mass is 10.1. The monoisotopic (exact) mass is 262 g/mol. The first-order chi connectivity index (χ1) is 7.89. The van der Waals surface area contributed by atoms with Gasteiger partial charge in [0.15, 0.2) is 9.84 Å². The number of carbonyl (C=O) groups is 1. The summed E-state index contributed by atoms with van der Waals surface area (Å²) in [6.07, 6.45) is 3.04. The Hall–Kier alpha value is -0.620. The standard InChI is InChI=1S/C11H22N2O3S/c1-9(2)13-11(14)8-17(15,16)7-10-5-3-4-6-12-10/h9-10,12H,3-8H2,1-2H3,(H,13,14). The molecule has 0 saturated carbocycles. The van der Waals surface area contributed by atoms with Crippen molar-refractivity contribution in [2.75, 3.05) is 18.1 Å². The molecule has 1 fully saturated rings. The van der Waals surface area contributed by atoms with Crippen LogP contribution in [0, 0.1) is 0 Å². The minimum Gasteiger partial charge on any atom is -0.353 e. The molecule has 0 aromatic carbocycles. The number of sulfone groups is 1. The summed E-state index contributed by atoms with van der Waals surface area (Å²) < 4.78 is 23.6. The first kappa shape index (κ1) is 14.4. The molecule has 1 rings (SSSR count). The first-order valence-electron chi connectivity index (χ1n) is 6.12. The zero-order chi connectivity index (χ0) is 12.9. The van der Waals surface area contributed by atoms with E-state index < -0.39 is 21.5 Å². The zero-order valence-corrected chi connectivity index (χ0v) is 11.3. The molecule has 5 nitrogen and oxygen atoms in total. The Morgan fingerprint density at radius 3 is 2.65 bits per heavy atom. The van der Waals surface area contributed by atoms with Gasteiger partial charge in [-0.2, -0.15) is 0 Å². The van der Waals surface area contributed by atoms with Crippen LogP contribution < -0.4 is 10.6 Å². The average Bonchev–Trinajstić information content (AvgIpc) is 2.15. The molecule has 1 atom stereocenters. The van der Waals surface area contributed by atoms with Gasteiger partial charge >= 0.3 is 0 Å². The van der Waals surface area contributed by atoms with E-state index in [-0.39, 0.29) is 17.8 Å².